The first-order valence-electron chi connectivity index (χ1n) is 7.26. The summed E-state index contributed by atoms with van der Waals surface area (Å²) in [4.78, 5) is 19.5. The predicted octanol–water partition coefficient (Wildman–Crippen LogP) is 3.28. The highest BCUT2D eigenvalue weighted by Gasteiger charge is 2.26. The Morgan fingerprint density at radius 3 is 2.52 bits per heavy atom. The lowest BCUT2D eigenvalue weighted by Gasteiger charge is -2.23. The Labute approximate surface area is 128 Å². The molecule has 0 radical (unpaired) electrons. The van der Waals surface area contributed by atoms with Gasteiger partial charge in [0.1, 0.15) is 0 Å². The van der Waals surface area contributed by atoms with Gasteiger partial charge in [0.2, 0.25) is 11.6 Å². The van der Waals surface area contributed by atoms with Crippen LogP contribution in [-0.2, 0) is 0 Å². The highest BCUT2D eigenvalue weighted by Crippen LogP contribution is 2.33. The summed E-state index contributed by atoms with van der Waals surface area (Å²) >= 11 is 1.38. The van der Waals surface area contributed by atoms with Crippen molar-refractivity contribution in [2.24, 2.45) is 0 Å². The number of hydrogen-bond acceptors (Lipinski definition) is 7. The number of nitrogens with one attached hydrogen (secondary N) is 2. The second-order valence-electron chi connectivity index (χ2n) is 5.02. The van der Waals surface area contributed by atoms with Gasteiger partial charge in [0, 0.05) is 12.6 Å². The summed E-state index contributed by atoms with van der Waals surface area (Å²) < 4.78 is 0. The molecule has 0 aromatic carbocycles. The lowest BCUT2D eigenvalue weighted by Crippen LogP contribution is -2.24. The van der Waals surface area contributed by atoms with E-state index in [0.29, 0.717) is 23.3 Å². The van der Waals surface area contributed by atoms with Gasteiger partial charge < -0.3 is 10.6 Å². The maximum absolute atomic E-state index is 11.4. The lowest BCUT2D eigenvalue weighted by molar-refractivity contribution is -0.383. The number of nitrogens with zero attached hydrogens (tertiary/aromatic N) is 3. The van der Waals surface area contributed by atoms with Crippen LogP contribution >= 0.6 is 11.8 Å². The molecule has 0 aliphatic heterocycles. The van der Waals surface area contributed by atoms with Crippen molar-refractivity contribution in [2.45, 2.75) is 50.2 Å². The molecule has 2 rings (SSSR count). The first kappa shape index (κ1) is 15.8. The molecule has 0 spiro atoms. The largest absolute Gasteiger partial charge is 0.364 e. The summed E-state index contributed by atoms with van der Waals surface area (Å²) in [6.45, 7) is 2.47. The second kappa shape index (κ2) is 7.44. The van der Waals surface area contributed by atoms with Crippen LogP contribution in [-0.4, -0.2) is 33.7 Å². The van der Waals surface area contributed by atoms with E-state index in [-0.39, 0.29) is 11.7 Å². The van der Waals surface area contributed by atoms with Gasteiger partial charge in [0.05, 0.1) is 4.92 Å². The zero-order chi connectivity index (χ0) is 15.2. The van der Waals surface area contributed by atoms with Crippen molar-refractivity contribution in [3.63, 3.8) is 0 Å². The molecular weight excluding hydrogens is 290 g/mol. The van der Waals surface area contributed by atoms with Gasteiger partial charge in [0.25, 0.3) is 0 Å². The molecule has 2 N–H and O–H groups in total. The summed E-state index contributed by atoms with van der Waals surface area (Å²) in [6.07, 6.45) is 7.49. The number of nitro groups is 1. The van der Waals surface area contributed by atoms with Gasteiger partial charge in [-0.1, -0.05) is 31.0 Å². The first-order chi connectivity index (χ1) is 10.2. The third-order valence-corrected chi connectivity index (χ3v) is 4.07. The Balaban J connectivity index is 2.35. The van der Waals surface area contributed by atoms with Crippen molar-refractivity contribution < 1.29 is 4.92 Å². The molecular formula is C13H21N5O2S. The lowest BCUT2D eigenvalue weighted by atomic mass is 9.95. The molecule has 21 heavy (non-hydrogen) atoms. The zero-order valence-electron chi connectivity index (χ0n) is 12.4. The molecule has 1 fully saturated rings. The van der Waals surface area contributed by atoms with E-state index in [1.165, 1.54) is 18.2 Å². The first-order valence-corrected chi connectivity index (χ1v) is 8.49. The maximum Gasteiger partial charge on any atom is 0.353 e. The molecule has 0 amide bonds. The molecule has 1 aromatic heterocycles. The topological polar surface area (TPSA) is 93.0 Å². The number of aromatic nitrogens is 2. The number of thioether (sulfide) groups is 1. The van der Waals surface area contributed by atoms with E-state index in [1.807, 2.05) is 13.2 Å². The number of anilines is 2. The number of rotatable bonds is 6. The van der Waals surface area contributed by atoms with Crippen LogP contribution in [0.4, 0.5) is 17.3 Å². The summed E-state index contributed by atoms with van der Waals surface area (Å²) in [5.41, 5.74) is -0.0553. The van der Waals surface area contributed by atoms with Crippen molar-refractivity contribution in [1.29, 1.82) is 0 Å². The standard InChI is InChI=1S/C13H21N5O2S/c1-3-14-11-10(18(19)20)12(17-13(16-11)21-2)15-9-7-5-4-6-8-9/h9H,3-8H2,1-2H3,(H2,14,15,16,17). The van der Waals surface area contributed by atoms with Crippen molar-refractivity contribution in [3.05, 3.63) is 10.1 Å². The van der Waals surface area contributed by atoms with Crippen molar-refractivity contribution in [3.8, 4) is 0 Å². The van der Waals surface area contributed by atoms with Crippen LogP contribution in [0.15, 0.2) is 5.16 Å². The molecule has 1 aliphatic carbocycles. The average Bonchev–Trinajstić information content (AvgIpc) is 2.47. The summed E-state index contributed by atoms with van der Waals surface area (Å²) in [5, 5.41) is 18.2. The third-order valence-electron chi connectivity index (χ3n) is 3.52. The minimum atomic E-state index is -0.409. The van der Waals surface area contributed by atoms with Crippen LogP contribution in [0.25, 0.3) is 0 Å². The molecule has 7 nitrogen and oxygen atoms in total. The fraction of sp³-hybridized carbons (Fsp3) is 0.692. The summed E-state index contributed by atoms with van der Waals surface area (Å²) in [7, 11) is 0. The average molecular weight is 311 g/mol. The summed E-state index contributed by atoms with van der Waals surface area (Å²) in [6, 6.07) is 0.261. The smallest absolute Gasteiger partial charge is 0.353 e. The van der Waals surface area contributed by atoms with Crippen LogP contribution in [0.5, 0.6) is 0 Å². The Hall–Kier alpha value is -1.57. The van der Waals surface area contributed by atoms with Gasteiger partial charge in [-0.3, -0.25) is 10.1 Å². The van der Waals surface area contributed by atoms with Crippen LogP contribution in [0.2, 0.25) is 0 Å². The van der Waals surface area contributed by atoms with Gasteiger partial charge in [0.15, 0.2) is 5.16 Å². The van der Waals surface area contributed by atoms with E-state index in [4.69, 9.17) is 0 Å². The minimum absolute atomic E-state index is 0.0553. The monoisotopic (exact) mass is 311 g/mol. The van der Waals surface area contributed by atoms with E-state index < -0.39 is 4.92 Å². The molecule has 0 atom stereocenters. The van der Waals surface area contributed by atoms with E-state index in [1.54, 1.807) is 0 Å². The predicted molar refractivity (Wildman–Crippen MR) is 85.1 cm³/mol. The molecule has 8 heteroatoms. The Bertz CT molecular complexity index is 506. The van der Waals surface area contributed by atoms with Gasteiger partial charge >= 0.3 is 5.69 Å². The van der Waals surface area contributed by atoms with Crippen molar-refractivity contribution in [1.82, 2.24) is 9.97 Å². The third kappa shape index (κ3) is 3.96. The molecule has 0 saturated heterocycles. The van der Waals surface area contributed by atoms with Gasteiger partial charge in [-0.05, 0) is 26.0 Å². The summed E-state index contributed by atoms with van der Waals surface area (Å²) in [5.74, 6) is 0.627. The molecule has 1 heterocycles. The Morgan fingerprint density at radius 1 is 1.29 bits per heavy atom. The van der Waals surface area contributed by atoms with Crippen LogP contribution in [0, 0.1) is 10.1 Å². The fourth-order valence-corrected chi connectivity index (χ4v) is 2.90. The van der Waals surface area contributed by atoms with E-state index in [2.05, 4.69) is 20.6 Å². The van der Waals surface area contributed by atoms with Crippen LogP contribution < -0.4 is 10.6 Å². The highest BCUT2D eigenvalue weighted by atomic mass is 32.2. The second-order valence-corrected chi connectivity index (χ2v) is 5.80. The number of hydrogen-bond donors (Lipinski definition) is 2. The highest BCUT2D eigenvalue weighted by molar-refractivity contribution is 7.98. The van der Waals surface area contributed by atoms with E-state index in [9.17, 15) is 10.1 Å². The van der Waals surface area contributed by atoms with Crippen LogP contribution in [0.1, 0.15) is 39.0 Å². The molecule has 116 valence electrons. The van der Waals surface area contributed by atoms with Crippen LogP contribution in [0.3, 0.4) is 0 Å². The Morgan fingerprint density at radius 2 is 1.95 bits per heavy atom. The zero-order valence-corrected chi connectivity index (χ0v) is 13.2. The molecule has 1 aliphatic rings. The molecule has 0 unspecified atom stereocenters. The molecule has 1 saturated carbocycles. The van der Waals surface area contributed by atoms with Gasteiger partial charge in [-0.25, -0.2) is 0 Å². The Kier molecular flexibility index (Phi) is 5.60. The molecule has 0 bridgehead atoms. The van der Waals surface area contributed by atoms with E-state index >= 15 is 0 Å². The minimum Gasteiger partial charge on any atom is -0.364 e. The normalized spacial score (nSPS) is 15.7. The quantitative estimate of drug-likeness (QED) is 0.360. The fourth-order valence-electron chi connectivity index (χ4n) is 2.53. The molecule has 1 aromatic rings. The maximum atomic E-state index is 11.4. The van der Waals surface area contributed by atoms with Crippen molar-refractivity contribution in [2.75, 3.05) is 23.4 Å². The van der Waals surface area contributed by atoms with E-state index in [0.717, 1.165) is 25.7 Å². The van der Waals surface area contributed by atoms with Gasteiger partial charge in [-0.15, -0.1) is 0 Å². The van der Waals surface area contributed by atoms with Gasteiger partial charge in [-0.2, -0.15) is 9.97 Å². The SMILES string of the molecule is CCNc1nc(SC)nc(NC2CCCCC2)c1[N+](=O)[O-]. The van der Waals surface area contributed by atoms with Crippen molar-refractivity contribution >= 4 is 29.1 Å².